The Morgan fingerprint density at radius 1 is 1.08 bits per heavy atom. The maximum Gasteiger partial charge on any atom is 0.416 e. The zero-order valence-electron chi connectivity index (χ0n) is 13.4. The molecule has 3 rings (SSSR count). The molecule has 0 spiro atoms. The molecule has 6 heteroatoms. The first-order valence-electron chi connectivity index (χ1n) is 8.52. The number of carbonyl (C=O) groups is 1. The summed E-state index contributed by atoms with van der Waals surface area (Å²) in [6, 6.07) is 5.33. The second-order valence-electron chi connectivity index (χ2n) is 6.84. The molecule has 1 aromatic rings. The van der Waals surface area contributed by atoms with Crippen LogP contribution in [0.25, 0.3) is 0 Å². The lowest BCUT2D eigenvalue weighted by molar-refractivity contribution is -0.138. The first-order valence-corrected chi connectivity index (χ1v) is 8.52. The van der Waals surface area contributed by atoms with Crippen LogP contribution in [0.15, 0.2) is 24.3 Å². The second-order valence-corrected chi connectivity index (χ2v) is 6.84. The molecule has 0 aliphatic heterocycles. The molecule has 0 aromatic heterocycles. The number of hydrogen-bond donors (Lipinski definition) is 2. The van der Waals surface area contributed by atoms with Gasteiger partial charge in [-0.1, -0.05) is 24.6 Å². The minimum absolute atomic E-state index is 0.221. The number of aliphatic hydroxyl groups is 1. The Morgan fingerprint density at radius 3 is 2.46 bits per heavy atom. The number of nitrogens with one attached hydrogen (secondary N) is 1. The minimum atomic E-state index is -4.39. The molecule has 0 saturated heterocycles. The topological polar surface area (TPSA) is 49.3 Å². The lowest BCUT2D eigenvalue weighted by atomic mass is 9.89. The van der Waals surface area contributed by atoms with Gasteiger partial charge in [0.25, 0.3) is 0 Å². The third-order valence-corrected chi connectivity index (χ3v) is 5.33. The second kappa shape index (κ2) is 6.75. The maximum atomic E-state index is 13.3. The lowest BCUT2D eigenvalue weighted by Gasteiger charge is -2.26. The molecule has 2 aliphatic rings. The van der Waals surface area contributed by atoms with Gasteiger partial charge < -0.3 is 10.4 Å². The maximum absolute atomic E-state index is 13.3. The van der Waals surface area contributed by atoms with E-state index >= 15 is 0 Å². The Morgan fingerprint density at radius 2 is 1.79 bits per heavy atom. The first-order chi connectivity index (χ1) is 11.4. The summed E-state index contributed by atoms with van der Waals surface area (Å²) in [7, 11) is 0. The first kappa shape index (κ1) is 17.3. The monoisotopic (exact) mass is 341 g/mol. The summed E-state index contributed by atoms with van der Waals surface area (Å²) in [5, 5.41) is 12.8. The number of hydrogen-bond acceptors (Lipinski definition) is 2. The number of rotatable bonds is 3. The van der Waals surface area contributed by atoms with Crippen molar-refractivity contribution in [3.8, 4) is 0 Å². The Labute approximate surface area is 139 Å². The standard InChI is InChI=1S/C18H22F3NO2/c19-18(20,21)14-8-2-1-5-11(14)12-6-3-9-15(12)22-17(24)13-7-4-10-16(13)23/h1-2,5,8,12-13,15-16,23H,3-4,6-7,9-10H2,(H,22,24). The molecule has 1 amide bonds. The van der Waals surface area contributed by atoms with Crippen molar-refractivity contribution in [1.82, 2.24) is 5.32 Å². The number of alkyl halides is 3. The number of benzene rings is 1. The van der Waals surface area contributed by atoms with Crippen molar-refractivity contribution in [1.29, 1.82) is 0 Å². The van der Waals surface area contributed by atoms with E-state index in [0.717, 1.165) is 18.9 Å². The van der Waals surface area contributed by atoms with Gasteiger partial charge in [0.15, 0.2) is 0 Å². The van der Waals surface area contributed by atoms with Crippen LogP contribution in [0.4, 0.5) is 13.2 Å². The molecule has 2 saturated carbocycles. The van der Waals surface area contributed by atoms with Crippen molar-refractivity contribution in [2.24, 2.45) is 5.92 Å². The summed E-state index contributed by atoms with van der Waals surface area (Å²) < 4.78 is 39.8. The minimum Gasteiger partial charge on any atom is -0.392 e. The molecule has 1 aromatic carbocycles. The Balaban J connectivity index is 1.78. The van der Waals surface area contributed by atoms with Gasteiger partial charge in [-0.2, -0.15) is 13.2 Å². The predicted molar refractivity (Wildman–Crippen MR) is 83.3 cm³/mol. The van der Waals surface area contributed by atoms with E-state index in [4.69, 9.17) is 0 Å². The number of aliphatic hydroxyl groups excluding tert-OH is 1. The van der Waals surface area contributed by atoms with Gasteiger partial charge in [0.2, 0.25) is 5.91 Å². The van der Waals surface area contributed by atoms with Crippen LogP contribution in [0.2, 0.25) is 0 Å². The van der Waals surface area contributed by atoms with Crippen LogP contribution in [-0.2, 0) is 11.0 Å². The van der Waals surface area contributed by atoms with Crippen LogP contribution < -0.4 is 5.32 Å². The molecule has 4 unspecified atom stereocenters. The van der Waals surface area contributed by atoms with Gasteiger partial charge in [-0.3, -0.25) is 4.79 Å². The summed E-state index contributed by atoms with van der Waals surface area (Å²) in [5.41, 5.74) is -0.350. The molecule has 0 radical (unpaired) electrons. The average Bonchev–Trinajstić information content (AvgIpc) is 3.15. The molecular formula is C18H22F3NO2. The van der Waals surface area contributed by atoms with Gasteiger partial charge in [-0.15, -0.1) is 0 Å². The highest BCUT2D eigenvalue weighted by molar-refractivity contribution is 5.80. The van der Waals surface area contributed by atoms with Crippen LogP contribution in [0.3, 0.4) is 0 Å². The highest BCUT2D eigenvalue weighted by Crippen LogP contribution is 2.41. The number of amides is 1. The van der Waals surface area contributed by atoms with Gasteiger partial charge >= 0.3 is 6.18 Å². The van der Waals surface area contributed by atoms with Crippen LogP contribution >= 0.6 is 0 Å². The molecule has 4 atom stereocenters. The van der Waals surface area contributed by atoms with Crippen LogP contribution in [0.5, 0.6) is 0 Å². The zero-order chi connectivity index (χ0) is 17.3. The van der Waals surface area contributed by atoms with Crippen LogP contribution in [0.1, 0.15) is 55.6 Å². The van der Waals surface area contributed by atoms with Gasteiger partial charge in [-0.25, -0.2) is 0 Å². The molecule has 2 fully saturated rings. The Kier molecular flexibility index (Phi) is 4.85. The summed E-state index contributed by atoms with van der Waals surface area (Å²) >= 11 is 0. The van der Waals surface area contributed by atoms with Crippen molar-refractivity contribution in [2.45, 2.75) is 62.8 Å². The van der Waals surface area contributed by atoms with Crippen molar-refractivity contribution in [2.75, 3.05) is 0 Å². The zero-order valence-corrected chi connectivity index (χ0v) is 13.4. The SMILES string of the molecule is O=C(NC1CCCC1c1ccccc1C(F)(F)F)C1CCCC1O. The van der Waals surface area contributed by atoms with Gasteiger partial charge in [-0.05, 0) is 43.7 Å². The summed E-state index contributed by atoms with van der Waals surface area (Å²) in [6.45, 7) is 0. The highest BCUT2D eigenvalue weighted by Gasteiger charge is 2.40. The third-order valence-electron chi connectivity index (χ3n) is 5.33. The molecule has 2 aliphatic carbocycles. The van der Waals surface area contributed by atoms with Crippen LogP contribution in [0, 0.1) is 5.92 Å². The predicted octanol–water partition coefficient (Wildman–Crippen LogP) is 3.62. The van der Waals surface area contributed by atoms with E-state index in [1.807, 2.05) is 0 Å². The summed E-state index contributed by atoms with van der Waals surface area (Å²) in [4.78, 5) is 12.4. The van der Waals surface area contributed by atoms with Gasteiger partial charge in [0.05, 0.1) is 17.6 Å². The van der Waals surface area contributed by atoms with Crippen LogP contribution in [-0.4, -0.2) is 23.2 Å². The largest absolute Gasteiger partial charge is 0.416 e. The fraction of sp³-hybridized carbons (Fsp3) is 0.611. The van der Waals surface area contributed by atoms with E-state index in [1.165, 1.54) is 12.1 Å². The molecule has 0 heterocycles. The van der Waals surface area contributed by atoms with Gasteiger partial charge in [0, 0.05) is 12.0 Å². The fourth-order valence-electron chi connectivity index (χ4n) is 4.12. The van der Waals surface area contributed by atoms with E-state index < -0.39 is 23.8 Å². The molecule has 132 valence electrons. The van der Waals surface area contributed by atoms with Crippen molar-refractivity contribution in [3.05, 3.63) is 35.4 Å². The summed E-state index contributed by atoms with van der Waals surface area (Å²) in [6.07, 6.45) is -0.870. The van der Waals surface area contributed by atoms with Gasteiger partial charge in [0.1, 0.15) is 0 Å². The fourth-order valence-corrected chi connectivity index (χ4v) is 4.12. The van der Waals surface area contributed by atoms with Crippen molar-refractivity contribution in [3.63, 3.8) is 0 Å². The van der Waals surface area contributed by atoms with Crippen molar-refractivity contribution < 1.29 is 23.1 Å². The van der Waals surface area contributed by atoms with E-state index in [2.05, 4.69) is 5.32 Å². The number of halogens is 3. The molecule has 24 heavy (non-hydrogen) atoms. The molecule has 2 N–H and O–H groups in total. The molecule has 3 nitrogen and oxygen atoms in total. The third kappa shape index (κ3) is 3.43. The Bertz CT molecular complexity index is 602. The highest BCUT2D eigenvalue weighted by atomic mass is 19.4. The lowest BCUT2D eigenvalue weighted by Crippen LogP contribution is -2.42. The number of carbonyl (C=O) groups excluding carboxylic acids is 1. The average molecular weight is 341 g/mol. The smallest absolute Gasteiger partial charge is 0.392 e. The van der Waals surface area contributed by atoms with E-state index in [9.17, 15) is 23.1 Å². The molecular weight excluding hydrogens is 319 g/mol. The van der Waals surface area contributed by atoms with Crippen molar-refractivity contribution >= 4 is 5.91 Å². The summed E-state index contributed by atoms with van der Waals surface area (Å²) in [5.74, 6) is -0.976. The van der Waals surface area contributed by atoms with E-state index in [-0.39, 0.29) is 23.4 Å². The quantitative estimate of drug-likeness (QED) is 0.882. The normalized spacial score (nSPS) is 30.5. The molecule has 0 bridgehead atoms. The van der Waals surface area contributed by atoms with E-state index in [0.29, 0.717) is 25.7 Å². The Hall–Kier alpha value is -1.56. The van der Waals surface area contributed by atoms with E-state index in [1.54, 1.807) is 6.07 Å².